The van der Waals surface area contributed by atoms with Crippen molar-refractivity contribution in [1.29, 1.82) is 0 Å². The van der Waals surface area contributed by atoms with Gasteiger partial charge in [-0.2, -0.15) is 0 Å². The zero-order valence-corrected chi connectivity index (χ0v) is 13.3. The fourth-order valence-electron chi connectivity index (χ4n) is 3.06. The van der Waals surface area contributed by atoms with E-state index in [-0.39, 0.29) is 11.7 Å². The average Bonchev–Trinajstić information content (AvgIpc) is 3.13. The number of nitrogens with one attached hydrogen (secondary N) is 1. The normalized spacial score (nSPS) is 16.0. The molecule has 1 aliphatic rings. The van der Waals surface area contributed by atoms with Crippen molar-refractivity contribution in [2.45, 2.75) is 19.4 Å². The van der Waals surface area contributed by atoms with Gasteiger partial charge >= 0.3 is 5.97 Å². The van der Waals surface area contributed by atoms with Crippen LogP contribution in [0.4, 0.5) is 0 Å². The SMILES string of the molecule is COc1cc2c(cc1-c1nc3ccc(C(=O)O)cc3[nH]1)O[C@@H](C)C2. The monoisotopic (exact) mass is 324 g/mol. The van der Waals surface area contributed by atoms with Crippen LogP contribution in [0.15, 0.2) is 30.3 Å². The first-order valence-electron chi connectivity index (χ1n) is 7.66. The van der Waals surface area contributed by atoms with Crippen molar-refractivity contribution in [2.75, 3.05) is 7.11 Å². The van der Waals surface area contributed by atoms with E-state index in [0.29, 0.717) is 22.6 Å². The number of nitrogens with zero attached hydrogens (tertiary/aromatic N) is 1. The van der Waals surface area contributed by atoms with Crippen molar-refractivity contribution in [3.8, 4) is 22.9 Å². The molecule has 0 spiro atoms. The van der Waals surface area contributed by atoms with Crippen LogP contribution in [0.2, 0.25) is 0 Å². The highest BCUT2D eigenvalue weighted by Crippen LogP contribution is 2.39. The molecule has 0 fully saturated rings. The number of hydrogen-bond donors (Lipinski definition) is 2. The molecule has 0 bridgehead atoms. The number of aromatic carboxylic acids is 1. The van der Waals surface area contributed by atoms with E-state index < -0.39 is 5.97 Å². The quantitative estimate of drug-likeness (QED) is 0.772. The number of methoxy groups -OCH3 is 1. The summed E-state index contributed by atoms with van der Waals surface area (Å²) in [6.45, 7) is 2.03. The smallest absolute Gasteiger partial charge is 0.335 e. The van der Waals surface area contributed by atoms with Crippen molar-refractivity contribution >= 4 is 17.0 Å². The summed E-state index contributed by atoms with van der Waals surface area (Å²) in [4.78, 5) is 18.8. The summed E-state index contributed by atoms with van der Waals surface area (Å²) in [5.74, 6) is 1.20. The third-order valence-corrected chi connectivity index (χ3v) is 4.20. The molecule has 6 nitrogen and oxygen atoms in total. The second-order valence-electron chi connectivity index (χ2n) is 5.92. The Balaban J connectivity index is 1.85. The molecule has 3 aromatic rings. The molecule has 122 valence electrons. The van der Waals surface area contributed by atoms with Crippen molar-refractivity contribution in [3.63, 3.8) is 0 Å². The Hall–Kier alpha value is -3.02. The molecule has 2 heterocycles. The molecule has 1 atom stereocenters. The molecule has 2 aromatic carbocycles. The van der Waals surface area contributed by atoms with E-state index in [1.54, 1.807) is 25.3 Å². The van der Waals surface area contributed by atoms with Crippen molar-refractivity contribution in [3.05, 3.63) is 41.5 Å². The summed E-state index contributed by atoms with van der Waals surface area (Å²) < 4.78 is 11.3. The molecule has 4 rings (SSSR count). The van der Waals surface area contributed by atoms with E-state index in [4.69, 9.17) is 14.6 Å². The van der Waals surface area contributed by atoms with Crippen LogP contribution in [-0.4, -0.2) is 34.3 Å². The topological polar surface area (TPSA) is 84.4 Å². The highest BCUT2D eigenvalue weighted by molar-refractivity contribution is 5.93. The minimum atomic E-state index is -0.967. The number of rotatable bonds is 3. The average molecular weight is 324 g/mol. The molecule has 24 heavy (non-hydrogen) atoms. The van der Waals surface area contributed by atoms with Crippen LogP contribution < -0.4 is 9.47 Å². The third kappa shape index (κ3) is 2.27. The van der Waals surface area contributed by atoms with Gasteiger partial charge in [0.2, 0.25) is 0 Å². The Morgan fingerprint density at radius 3 is 2.96 bits per heavy atom. The van der Waals surface area contributed by atoms with E-state index in [0.717, 1.165) is 23.3 Å². The lowest BCUT2D eigenvalue weighted by atomic mass is 10.1. The van der Waals surface area contributed by atoms with Gasteiger partial charge in [-0.05, 0) is 37.3 Å². The number of aromatic amines is 1. The number of imidazole rings is 1. The Labute approximate surface area is 138 Å². The zero-order valence-electron chi connectivity index (χ0n) is 13.3. The number of benzene rings is 2. The lowest BCUT2D eigenvalue weighted by Crippen LogP contribution is -2.05. The first-order valence-corrected chi connectivity index (χ1v) is 7.66. The second-order valence-corrected chi connectivity index (χ2v) is 5.92. The predicted molar refractivity (Wildman–Crippen MR) is 88.8 cm³/mol. The summed E-state index contributed by atoms with van der Waals surface area (Å²) in [5.41, 5.74) is 3.50. The molecule has 0 amide bonds. The van der Waals surface area contributed by atoms with Crippen molar-refractivity contribution in [2.24, 2.45) is 0 Å². The van der Waals surface area contributed by atoms with Gasteiger partial charge in [-0.1, -0.05) is 0 Å². The second kappa shape index (κ2) is 5.26. The highest BCUT2D eigenvalue weighted by atomic mass is 16.5. The lowest BCUT2D eigenvalue weighted by molar-refractivity contribution is 0.0697. The van der Waals surface area contributed by atoms with E-state index >= 15 is 0 Å². The number of carbonyl (C=O) groups is 1. The summed E-state index contributed by atoms with van der Waals surface area (Å²) in [7, 11) is 1.62. The fraction of sp³-hybridized carbons (Fsp3) is 0.222. The van der Waals surface area contributed by atoms with Gasteiger partial charge in [-0.15, -0.1) is 0 Å². The maximum absolute atomic E-state index is 11.1. The summed E-state index contributed by atoms with van der Waals surface area (Å²) in [6, 6.07) is 8.71. The van der Waals surface area contributed by atoms with Gasteiger partial charge in [-0.3, -0.25) is 0 Å². The van der Waals surface area contributed by atoms with E-state index in [1.165, 1.54) is 0 Å². The molecule has 1 aromatic heterocycles. The molecule has 1 aliphatic heterocycles. The number of carboxylic acids is 1. The van der Waals surface area contributed by atoms with E-state index in [1.807, 2.05) is 19.1 Å². The van der Waals surface area contributed by atoms with Gasteiger partial charge in [0.1, 0.15) is 23.4 Å². The van der Waals surface area contributed by atoms with Gasteiger partial charge in [-0.25, -0.2) is 9.78 Å². The number of hydrogen-bond acceptors (Lipinski definition) is 4. The van der Waals surface area contributed by atoms with Crippen LogP contribution in [0.1, 0.15) is 22.8 Å². The molecule has 0 radical (unpaired) electrons. The maximum atomic E-state index is 11.1. The number of H-pyrrole nitrogens is 1. The van der Waals surface area contributed by atoms with Gasteiger partial charge in [0.15, 0.2) is 0 Å². The van der Waals surface area contributed by atoms with Crippen molar-refractivity contribution < 1.29 is 19.4 Å². The third-order valence-electron chi connectivity index (χ3n) is 4.20. The van der Waals surface area contributed by atoms with Gasteiger partial charge in [0, 0.05) is 12.0 Å². The molecular weight excluding hydrogens is 308 g/mol. The molecule has 0 saturated heterocycles. The van der Waals surface area contributed by atoms with Gasteiger partial charge < -0.3 is 19.6 Å². The summed E-state index contributed by atoms with van der Waals surface area (Å²) >= 11 is 0. The Morgan fingerprint density at radius 2 is 2.21 bits per heavy atom. The van der Waals surface area contributed by atoms with Crippen molar-refractivity contribution in [1.82, 2.24) is 9.97 Å². The minimum Gasteiger partial charge on any atom is -0.496 e. The zero-order chi connectivity index (χ0) is 16.8. The lowest BCUT2D eigenvalue weighted by Gasteiger charge is -2.09. The first-order chi connectivity index (χ1) is 11.5. The maximum Gasteiger partial charge on any atom is 0.335 e. The van der Waals surface area contributed by atoms with Gasteiger partial charge in [0.05, 0.1) is 29.3 Å². The Bertz CT molecular complexity index is 961. The molecule has 0 unspecified atom stereocenters. The highest BCUT2D eigenvalue weighted by Gasteiger charge is 2.23. The molecular formula is C18H16N2O4. The predicted octanol–water partition coefficient (Wildman–Crippen LogP) is 3.26. The number of carboxylic acid groups (broad SMARTS) is 1. The fourth-order valence-corrected chi connectivity index (χ4v) is 3.06. The largest absolute Gasteiger partial charge is 0.496 e. The summed E-state index contributed by atoms with van der Waals surface area (Å²) in [6.07, 6.45) is 1.00. The standard InChI is InChI=1S/C18H16N2O4/c1-9-5-11-7-16(23-2)12(8-15(11)24-9)17-19-13-4-3-10(18(21)22)6-14(13)20-17/h3-4,6-9H,5H2,1-2H3,(H,19,20)(H,21,22)/t9-/m0/s1. The number of fused-ring (bicyclic) bond motifs is 2. The Morgan fingerprint density at radius 1 is 1.38 bits per heavy atom. The summed E-state index contributed by atoms with van der Waals surface area (Å²) in [5, 5.41) is 9.11. The van der Waals surface area contributed by atoms with Crippen LogP contribution >= 0.6 is 0 Å². The minimum absolute atomic E-state index is 0.147. The molecule has 0 saturated carbocycles. The van der Waals surface area contributed by atoms with Crippen LogP contribution in [0, 0.1) is 0 Å². The van der Waals surface area contributed by atoms with Crippen LogP contribution in [0.25, 0.3) is 22.4 Å². The molecule has 6 heteroatoms. The first kappa shape index (κ1) is 14.6. The van der Waals surface area contributed by atoms with E-state index in [2.05, 4.69) is 9.97 Å². The van der Waals surface area contributed by atoms with Crippen LogP contribution in [0.3, 0.4) is 0 Å². The number of ether oxygens (including phenoxy) is 2. The van der Waals surface area contributed by atoms with E-state index in [9.17, 15) is 4.79 Å². The Kier molecular flexibility index (Phi) is 3.19. The molecule has 2 N–H and O–H groups in total. The number of aromatic nitrogens is 2. The van der Waals surface area contributed by atoms with Crippen LogP contribution in [0.5, 0.6) is 11.5 Å². The van der Waals surface area contributed by atoms with Gasteiger partial charge in [0.25, 0.3) is 0 Å². The van der Waals surface area contributed by atoms with Crippen LogP contribution in [-0.2, 0) is 6.42 Å². The molecule has 0 aliphatic carbocycles.